The van der Waals surface area contributed by atoms with E-state index in [-0.39, 0.29) is 5.82 Å². The normalized spacial score (nSPS) is 11.3. The van der Waals surface area contributed by atoms with Crippen molar-refractivity contribution < 1.29 is 13.3 Å². The van der Waals surface area contributed by atoms with Crippen LogP contribution in [0.5, 0.6) is 0 Å². The Bertz CT molecular complexity index is 770. The molecule has 0 spiro atoms. The molecule has 22 heavy (non-hydrogen) atoms. The van der Waals surface area contributed by atoms with Gasteiger partial charge in [-0.2, -0.15) is 5.10 Å². The number of rotatable bonds is 7. The van der Waals surface area contributed by atoms with E-state index in [2.05, 4.69) is 21.8 Å². The number of benzene rings is 1. The Morgan fingerprint density at radius 1 is 1.36 bits per heavy atom. The number of aromatic nitrogens is 2. The second kappa shape index (κ2) is 6.56. The number of aryl methyl sites for hydroxylation is 1. The smallest absolute Gasteiger partial charge is 0.280 e. The lowest BCUT2D eigenvalue weighted by molar-refractivity contribution is -0.387. The average Bonchev–Trinajstić information content (AvgIpc) is 2.91. The number of nitro benzene ring substituents is 1. The van der Waals surface area contributed by atoms with Crippen molar-refractivity contribution in [2.24, 2.45) is 0 Å². The number of unbranched alkanes of at least 4 members (excludes halogenated alkanes) is 1. The number of para-hydroxylation sites is 1. The lowest BCUT2D eigenvalue weighted by Gasteiger charge is -2.05. The van der Waals surface area contributed by atoms with Crippen molar-refractivity contribution in [3.8, 4) is 0 Å². The zero-order valence-electron chi connectivity index (χ0n) is 11.9. The minimum atomic E-state index is -4.07. The topological polar surface area (TPSA) is 118 Å². The van der Waals surface area contributed by atoms with Gasteiger partial charge >= 0.3 is 0 Å². The highest BCUT2D eigenvalue weighted by atomic mass is 32.2. The first-order valence-electron chi connectivity index (χ1n) is 6.74. The van der Waals surface area contributed by atoms with E-state index in [0.717, 1.165) is 31.0 Å². The first kappa shape index (κ1) is 16.0. The first-order valence-corrected chi connectivity index (χ1v) is 8.23. The van der Waals surface area contributed by atoms with Crippen LogP contribution >= 0.6 is 0 Å². The van der Waals surface area contributed by atoms with Crippen molar-refractivity contribution in [1.29, 1.82) is 0 Å². The van der Waals surface area contributed by atoms with E-state index in [1.807, 2.05) is 0 Å². The third-order valence-corrected chi connectivity index (χ3v) is 4.42. The molecule has 2 rings (SSSR count). The van der Waals surface area contributed by atoms with E-state index in [1.54, 1.807) is 6.07 Å². The first-order chi connectivity index (χ1) is 10.4. The van der Waals surface area contributed by atoms with Gasteiger partial charge in [-0.1, -0.05) is 25.5 Å². The Morgan fingerprint density at radius 2 is 2.09 bits per heavy atom. The van der Waals surface area contributed by atoms with Crippen LogP contribution in [0.25, 0.3) is 0 Å². The van der Waals surface area contributed by atoms with Gasteiger partial charge < -0.3 is 0 Å². The molecule has 2 aromatic rings. The number of sulfonamides is 1. The van der Waals surface area contributed by atoms with Gasteiger partial charge in [-0.05, 0) is 18.9 Å². The quantitative estimate of drug-likeness (QED) is 0.599. The summed E-state index contributed by atoms with van der Waals surface area (Å²) in [4.78, 5) is 9.81. The van der Waals surface area contributed by atoms with E-state index in [4.69, 9.17) is 0 Å². The SMILES string of the molecule is CCCCc1cc(NS(=O)(=O)c2ccccc2[N+](=O)[O-])n[nH]1. The van der Waals surface area contributed by atoms with Crippen LogP contribution in [0.1, 0.15) is 25.5 Å². The number of aromatic amines is 1. The minimum Gasteiger partial charge on any atom is -0.280 e. The van der Waals surface area contributed by atoms with Crippen molar-refractivity contribution in [2.45, 2.75) is 31.1 Å². The van der Waals surface area contributed by atoms with Gasteiger partial charge in [0.25, 0.3) is 15.7 Å². The number of nitro groups is 1. The third kappa shape index (κ3) is 3.61. The van der Waals surface area contributed by atoms with Crippen LogP contribution in [0.15, 0.2) is 35.2 Å². The molecule has 0 saturated heterocycles. The van der Waals surface area contributed by atoms with Gasteiger partial charge in [0.15, 0.2) is 10.7 Å². The predicted molar refractivity (Wildman–Crippen MR) is 81.1 cm³/mol. The van der Waals surface area contributed by atoms with Gasteiger partial charge in [0.05, 0.1) is 4.92 Å². The fraction of sp³-hybridized carbons (Fsp3) is 0.308. The summed E-state index contributed by atoms with van der Waals surface area (Å²) in [6.45, 7) is 2.05. The van der Waals surface area contributed by atoms with E-state index >= 15 is 0 Å². The Kier molecular flexibility index (Phi) is 4.76. The molecule has 9 heteroatoms. The third-order valence-electron chi connectivity index (χ3n) is 3.02. The lowest BCUT2D eigenvalue weighted by Crippen LogP contribution is -2.14. The van der Waals surface area contributed by atoms with Crippen LogP contribution in [0.2, 0.25) is 0 Å². The molecule has 0 bridgehead atoms. The van der Waals surface area contributed by atoms with Crippen LogP contribution in [-0.2, 0) is 16.4 Å². The van der Waals surface area contributed by atoms with Gasteiger partial charge in [-0.3, -0.25) is 19.9 Å². The molecule has 1 aromatic carbocycles. The van der Waals surface area contributed by atoms with Gasteiger partial charge in [-0.25, -0.2) is 8.42 Å². The van der Waals surface area contributed by atoms with Crippen LogP contribution in [-0.4, -0.2) is 23.5 Å². The summed E-state index contributed by atoms with van der Waals surface area (Å²) in [5, 5.41) is 17.5. The maximum Gasteiger partial charge on any atom is 0.289 e. The van der Waals surface area contributed by atoms with Crippen LogP contribution in [0.4, 0.5) is 11.5 Å². The molecule has 118 valence electrons. The van der Waals surface area contributed by atoms with Crippen molar-refractivity contribution in [2.75, 3.05) is 4.72 Å². The molecule has 0 aliphatic heterocycles. The average molecular weight is 324 g/mol. The van der Waals surface area contributed by atoms with Crippen LogP contribution in [0.3, 0.4) is 0 Å². The molecule has 0 aliphatic rings. The second-order valence-electron chi connectivity index (χ2n) is 4.71. The molecule has 0 fully saturated rings. The zero-order chi connectivity index (χ0) is 16.2. The zero-order valence-corrected chi connectivity index (χ0v) is 12.8. The largest absolute Gasteiger partial charge is 0.289 e. The molecule has 2 N–H and O–H groups in total. The number of H-pyrrole nitrogens is 1. The highest BCUT2D eigenvalue weighted by molar-refractivity contribution is 7.92. The number of hydrogen-bond donors (Lipinski definition) is 2. The fourth-order valence-electron chi connectivity index (χ4n) is 1.94. The fourth-order valence-corrected chi connectivity index (χ4v) is 3.10. The summed E-state index contributed by atoms with van der Waals surface area (Å²) in [5.41, 5.74) is 0.332. The maximum absolute atomic E-state index is 12.3. The molecule has 0 unspecified atom stereocenters. The van der Waals surface area contributed by atoms with Gasteiger partial charge in [0.2, 0.25) is 0 Å². The molecule has 0 aliphatic carbocycles. The van der Waals surface area contributed by atoms with E-state index < -0.39 is 25.5 Å². The summed E-state index contributed by atoms with van der Waals surface area (Å²) in [6.07, 6.45) is 2.73. The molecular weight excluding hydrogens is 308 g/mol. The van der Waals surface area contributed by atoms with E-state index in [0.29, 0.717) is 0 Å². The Hall–Kier alpha value is -2.42. The highest BCUT2D eigenvalue weighted by Gasteiger charge is 2.25. The van der Waals surface area contributed by atoms with Crippen LogP contribution in [0, 0.1) is 10.1 Å². The standard InChI is InChI=1S/C13H16N4O4S/c1-2-3-6-10-9-13(15-14-10)16-22(20,21)12-8-5-4-7-11(12)17(18)19/h4-5,7-9H,2-3,6H2,1H3,(H2,14,15,16). The van der Waals surface area contributed by atoms with E-state index in [9.17, 15) is 18.5 Å². The van der Waals surface area contributed by atoms with Gasteiger partial charge in [0, 0.05) is 17.8 Å². The molecular formula is C13H16N4O4S. The van der Waals surface area contributed by atoms with Gasteiger partial charge in [0.1, 0.15) is 0 Å². The molecule has 8 nitrogen and oxygen atoms in total. The number of nitrogens with zero attached hydrogens (tertiary/aromatic N) is 2. The summed E-state index contributed by atoms with van der Waals surface area (Å²) in [5.74, 6) is 0.115. The van der Waals surface area contributed by atoms with Crippen molar-refractivity contribution in [1.82, 2.24) is 10.2 Å². The van der Waals surface area contributed by atoms with Crippen molar-refractivity contribution >= 4 is 21.5 Å². The summed E-state index contributed by atoms with van der Waals surface area (Å²) < 4.78 is 26.8. The van der Waals surface area contributed by atoms with Gasteiger partial charge in [-0.15, -0.1) is 0 Å². The van der Waals surface area contributed by atoms with E-state index in [1.165, 1.54) is 18.2 Å². The summed E-state index contributed by atoms with van der Waals surface area (Å²) >= 11 is 0. The number of anilines is 1. The maximum atomic E-state index is 12.3. The Labute approximate surface area is 127 Å². The minimum absolute atomic E-state index is 0.115. The second-order valence-corrected chi connectivity index (χ2v) is 6.36. The molecule has 0 saturated carbocycles. The predicted octanol–water partition coefficient (Wildman–Crippen LogP) is 2.46. The summed E-state index contributed by atoms with van der Waals surface area (Å²) in [6, 6.07) is 6.76. The molecule has 1 heterocycles. The summed E-state index contributed by atoms with van der Waals surface area (Å²) in [7, 11) is -4.07. The Balaban J connectivity index is 2.25. The van der Waals surface area contributed by atoms with Crippen LogP contribution < -0.4 is 4.72 Å². The molecule has 0 amide bonds. The monoisotopic (exact) mass is 324 g/mol. The molecule has 1 aromatic heterocycles. The Morgan fingerprint density at radius 3 is 2.77 bits per heavy atom. The number of nitrogens with one attached hydrogen (secondary N) is 2. The van der Waals surface area contributed by atoms with Crippen molar-refractivity contribution in [3.63, 3.8) is 0 Å². The molecule has 0 atom stereocenters. The lowest BCUT2D eigenvalue weighted by atomic mass is 10.2. The number of hydrogen-bond acceptors (Lipinski definition) is 5. The highest BCUT2D eigenvalue weighted by Crippen LogP contribution is 2.24. The molecule has 0 radical (unpaired) electrons. The van der Waals surface area contributed by atoms with Crippen molar-refractivity contribution in [3.05, 3.63) is 46.1 Å².